The fourth-order valence-corrected chi connectivity index (χ4v) is 3.57. The van der Waals surface area contributed by atoms with Crippen LogP contribution in [0.15, 0.2) is 54.7 Å². The molecule has 0 spiro atoms. The van der Waals surface area contributed by atoms with Crippen LogP contribution in [0.4, 0.5) is 27.5 Å². The third-order valence-electron chi connectivity index (χ3n) is 5.23. The number of carbonyl (C=O) groups excluding carboxylic acids is 1. The molecule has 32 heavy (non-hydrogen) atoms. The fourth-order valence-electron chi connectivity index (χ4n) is 3.57. The SMILES string of the molecule is CCOc1ccc(NC(=O)c2cnc(N3CCN(c4ccccc4F)CC3)nc2N)cc1. The van der Waals surface area contributed by atoms with E-state index in [-0.39, 0.29) is 23.1 Å². The fraction of sp³-hybridized carbons (Fsp3) is 0.261. The van der Waals surface area contributed by atoms with Crippen LogP contribution in [0.2, 0.25) is 0 Å². The first kappa shape index (κ1) is 21.4. The number of hydrogen-bond donors (Lipinski definition) is 2. The topological polar surface area (TPSA) is 96.6 Å². The number of amides is 1. The Kier molecular flexibility index (Phi) is 6.34. The highest BCUT2D eigenvalue weighted by Crippen LogP contribution is 2.23. The first-order valence-electron chi connectivity index (χ1n) is 10.5. The Morgan fingerprint density at radius 1 is 1.09 bits per heavy atom. The molecule has 4 rings (SSSR count). The van der Waals surface area contributed by atoms with Crippen molar-refractivity contribution in [1.82, 2.24) is 9.97 Å². The van der Waals surface area contributed by atoms with Crippen molar-refractivity contribution in [1.29, 1.82) is 0 Å². The average molecular weight is 436 g/mol. The normalized spacial score (nSPS) is 13.7. The molecule has 2 aromatic carbocycles. The molecule has 0 saturated carbocycles. The van der Waals surface area contributed by atoms with Gasteiger partial charge in [-0.15, -0.1) is 0 Å². The number of nitrogens with one attached hydrogen (secondary N) is 1. The first-order chi connectivity index (χ1) is 15.5. The second-order valence-corrected chi connectivity index (χ2v) is 7.31. The summed E-state index contributed by atoms with van der Waals surface area (Å²) >= 11 is 0. The number of carbonyl (C=O) groups is 1. The number of aromatic nitrogens is 2. The number of para-hydroxylation sites is 1. The minimum Gasteiger partial charge on any atom is -0.494 e. The molecule has 0 radical (unpaired) electrons. The van der Waals surface area contributed by atoms with Crippen molar-refractivity contribution in [2.75, 3.05) is 53.6 Å². The minimum atomic E-state index is -0.386. The van der Waals surface area contributed by atoms with Crippen LogP contribution in [0.25, 0.3) is 0 Å². The van der Waals surface area contributed by atoms with Crippen molar-refractivity contribution in [2.24, 2.45) is 0 Å². The molecule has 1 amide bonds. The van der Waals surface area contributed by atoms with Gasteiger partial charge in [0.2, 0.25) is 5.95 Å². The molecule has 1 aliphatic heterocycles. The van der Waals surface area contributed by atoms with Crippen LogP contribution in [0.5, 0.6) is 5.75 Å². The summed E-state index contributed by atoms with van der Waals surface area (Å²) in [6.07, 6.45) is 1.44. The summed E-state index contributed by atoms with van der Waals surface area (Å²) in [4.78, 5) is 25.2. The Bertz CT molecular complexity index is 1080. The summed E-state index contributed by atoms with van der Waals surface area (Å²) in [5.41, 5.74) is 7.48. The molecule has 3 N–H and O–H groups in total. The van der Waals surface area contributed by atoms with Crippen LogP contribution in [-0.4, -0.2) is 48.7 Å². The Morgan fingerprint density at radius 2 is 1.78 bits per heavy atom. The Labute approximate surface area is 185 Å². The maximum absolute atomic E-state index is 14.0. The van der Waals surface area contributed by atoms with Gasteiger partial charge in [-0.1, -0.05) is 12.1 Å². The van der Waals surface area contributed by atoms with Crippen molar-refractivity contribution >= 4 is 29.0 Å². The summed E-state index contributed by atoms with van der Waals surface area (Å²) < 4.78 is 19.4. The number of ether oxygens (including phenoxy) is 1. The predicted octanol–water partition coefficient (Wildman–Crippen LogP) is 3.18. The van der Waals surface area contributed by atoms with E-state index in [1.165, 1.54) is 12.3 Å². The van der Waals surface area contributed by atoms with Gasteiger partial charge in [0.25, 0.3) is 5.91 Å². The van der Waals surface area contributed by atoms with Gasteiger partial charge in [0.05, 0.1) is 12.3 Å². The minimum absolute atomic E-state index is 0.106. The molecule has 2 heterocycles. The highest BCUT2D eigenvalue weighted by Gasteiger charge is 2.22. The van der Waals surface area contributed by atoms with Gasteiger partial charge >= 0.3 is 0 Å². The van der Waals surface area contributed by atoms with Gasteiger partial charge in [-0.05, 0) is 43.3 Å². The van der Waals surface area contributed by atoms with Crippen LogP contribution >= 0.6 is 0 Å². The van der Waals surface area contributed by atoms with Crippen molar-refractivity contribution < 1.29 is 13.9 Å². The van der Waals surface area contributed by atoms with Crippen LogP contribution in [0.3, 0.4) is 0 Å². The maximum atomic E-state index is 14.0. The highest BCUT2D eigenvalue weighted by atomic mass is 19.1. The predicted molar refractivity (Wildman–Crippen MR) is 123 cm³/mol. The van der Waals surface area contributed by atoms with Gasteiger partial charge < -0.3 is 25.6 Å². The molecular weight excluding hydrogens is 411 g/mol. The zero-order chi connectivity index (χ0) is 22.5. The molecule has 0 bridgehead atoms. The van der Waals surface area contributed by atoms with Crippen LogP contribution in [0, 0.1) is 5.82 Å². The second kappa shape index (κ2) is 9.51. The van der Waals surface area contributed by atoms with E-state index in [1.54, 1.807) is 36.4 Å². The largest absolute Gasteiger partial charge is 0.494 e. The first-order valence-corrected chi connectivity index (χ1v) is 10.5. The number of anilines is 4. The third-order valence-corrected chi connectivity index (χ3v) is 5.23. The summed E-state index contributed by atoms with van der Waals surface area (Å²) in [6, 6.07) is 13.8. The van der Waals surface area contributed by atoms with E-state index < -0.39 is 0 Å². The lowest BCUT2D eigenvalue weighted by atomic mass is 10.2. The second-order valence-electron chi connectivity index (χ2n) is 7.31. The number of nitrogen functional groups attached to an aromatic ring is 1. The Hall–Kier alpha value is -3.88. The smallest absolute Gasteiger partial charge is 0.260 e. The van der Waals surface area contributed by atoms with E-state index in [2.05, 4.69) is 15.3 Å². The van der Waals surface area contributed by atoms with Crippen LogP contribution in [-0.2, 0) is 0 Å². The Balaban J connectivity index is 1.39. The van der Waals surface area contributed by atoms with Gasteiger partial charge in [0.15, 0.2) is 0 Å². The van der Waals surface area contributed by atoms with Crippen molar-refractivity contribution in [3.05, 3.63) is 66.1 Å². The molecule has 1 fully saturated rings. The molecule has 0 aliphatic carbocycles. The summed E-state index contributed by atoms with van der Waals surface area (Å²) in [5.74, 6) is 0.669. The maximum Gasteiger partial charge on any atom is 0.260 e. The quantitative estimate of drug-likeness (QED) is 0.613. The summed E-state index contributed by atoms with van der Waals surface area (Å²) in [5, 5.41) is 2.79. The van der Waals surface area contributed by atoms with Gasteiger partial charge in [-0.2, -0.15) is 4.98 Å². The molecule has 8 nitrogen and oxygen atoms in total. The monoisotopic (exact) mass is 436 g/mol. The Morgan fingerprint density at radius 3 is 2.44 bits per heavy atom. The van der Waals surface area contributed by atoms with Crippen LogP contribution in [0.1, 0.15) is 17.3 Å². The van der Waals surface area contributed by atoms with E-state index >= 15 is 0 Å². The van der Waals surface area contributed by atoms with Crippen LogP contribution < -0.4 is 25.6 Å². The number of hydrogen-bond acceptors (Lipinski definition) is 7. The molecular formula is C23H25FN6O2. The number of benzene rings is 2. The number of piperazine rings is 1. The van der Waals surface area contributed by atoms with E-state index in [9.17, 15) is 9.18 Å². The highest BCUT2D eigenvalue weighted by molar-refractivity contribution is 6.07. The van der Waals surface area contributed by atoms with Gasteiger partial charge in [-0.25, -0.2) is 9.37 Å². The number of nitrogens with two attached hydrogens (primary N) is 1. The number of rotatable bonds is 6. The molecule has 166 valence electrons. The zero-order valence-corrected chi connectivity index (χ0v) is 17.8. The van der Waals surface area contributed by atoms with Gasteiger partial charge in [0.1, 0.15) is 22.9 Å². The third kappa shape index (κ3) is 4.72. The molecule has 1 aromatic heterocycles. The molecule has 1 saturated heterocycles. The van der Waals surface area contributed by atoms with Gasteiger partial charge in [0, 0.05) is 38.1 Å². The van der Waals surface area contributed by atoms with Crippen molar-refractivity contribution in [3.63, 3.8) is 0 Å². The van der Waals surface area contributed by atoms with E-state index in [1.807, 2.05) is 22.8 Å². The number of halogens is 1. The van der Waals surface area contributed by atoms with E-state index in [4.69, 9.17) is 10.5 Å². The van der Waals surface area contributed by atoms with E-state index in [0.717, 1.165) is 5.75 Å². The molecule has 0 atom stereocenters. The molecule has 0 unspecified atom stereocenters. The summed E-state index contributed by atoms with van der Waals surface area (Å²) in [7, 11) is 0. The molecule has 1 aliphatic rings. The van der Waals surface area contributed by atoms with Crippen molar-refractivity contribution in [2.45, 2.75) is 6.92 Å². The van der Waals surface area contributed by atoms with E-state index in [0.29, 0.717) is 50.1 Å². The zero-order valence-electron chi connectivity index (χ0n) is 17.8. The summed E-state index contributed by atoms with van der Waals surface area (Å²) in [6.45, 7) is 4.97. The van der Waals surface area contributed by atoms with Gasteiger partial charge in [-0.3, -0.25) is 4.79 Å². The standard InChI is InChI=1S/C23H25FN6O2/c1-2-32-17-9-7-16(8-10-17)27-22(31)18-15-26-23(28-21(18)25)30-13-11-29(12-14-30)20-6-4-3-5-19(20)24/h3-10,15H,2,11-14H2,1H3,(H,27,31)(H2,25,26,28). The lowest BCUT2D eigenvalue weighted by Gasteiger charge is -2.36. The molecule has 9 heteroatoms. The average Bonchev–Trinajstić information content (AvgIpc) is 2.81. The lowest BCUT2D eigenvalue weighted by molar-refractivity contribution is 0.102. The lowest BCUT2D eigenvalue weighted by Crippen LogP contribution is -2.47. The molecule has 3 aromatic rings. The van der Waals surface area contributed by atoms with Crippen molar-refractivity contribution in [3.8, 4) is 5.75 Å². The number of nitrogens with zero attached hydrogens (tertiary/aromatic N) is 4.